The predicted molar refractivity (Wildman–Crippen MR) is 30.6 cm³/mol. The molecule has 0 rings (SSSR count). The lowest BCUT2D eigenvalue weighted by Gasteiger charge is -2.09. The van der Waals surface area contributed by atoms with Gasteiger partial charge in [-0.15, -0.1) is 0 Å². The molecule has 5 nitrogen and oxygen atoms in total. The van der Waals surface area contributed by atoms with Crippen molar-refractivity contribution < 1.29 is 25.2 Å². The molecule has 3 N–H and O–H groups in total. The predicted octanol–water partition coefficient (Wildman–Crippen LogP) is -1.89. The molecule has 0 aromatic rings. The zero-order chi connectivity index (χ0) is 7.98. The molecular formula is C5H11O5. The van der Waals surface area contributed by atoms with Crippen molar-refractivity contribution >= 4 is 0 Å². The van der Waals surface area contributed by atoms with Gasteiger partial charge in [0, 0.05) is 0 Å². The van der Waals surface area contributed by atoms with Gasteiger partial charge in [-0.1, -0.05) is 0 Å². The van der Waals surface area contributed by atoms with E-state index in [9.17, 15) is 5.11 Å². The Balaban J connectivity index is 3.17. The van der Waals surface area contributed by atoms with Crippen LogP contribution in [0, 0.1) is 0 Å². The number of aliphatic hydroxyl groups excluding tert-OH is 3. The van der Waals surface area contributed by atoms with Crippen LogP contribution in [0.5, 0.6) is 0 Å². The van der Waals surface area contributed by atoms with Crippen LogP contribution in [0.15, 0.2) is 0 Å². The minimum atomic E-state index is -1.53. The normalized spacial score (nSPS) is 16.8. The molecular weight excluding hydrogens is 140 g/mol. The maximum atomic E-state index is 10.3. The first-order valence-electron chi connectivity index (χ1n) is 2.88. The van der Waals surface area contributed by atoms with Gasteiger partial charge >= 0.3 is 0 Å². The van der Waals surface area contributed by atoms with Crippen LogP contribution in [0.25, 0.3) is 0 Å². The van der Waals surface area contributed by atoms with Gasteiger partial charge in [-0.3, -0.25) is 0 Å². The second-order valence-electron chi connectivity index (χ2n) is 1.78. The fourth-order valence-electron chi connectivity index (χ4n) is 0.324. The van der Waals surface area contributed by atoms with Crippen molar-refractivity contribution in [3.63, 3.8) is 0 Å². The van der Waals surface area contributed by atoms with Gasteiger partial charge in [0.15, 0.2) is 0 Å². The summed E-state index contributed by atoms with van der Waals surface area (Å²) in [5.41, 5.74) is 0. The highest BCUT2D eigenvalue weighted by Crippen LogP contribution is 1.89. The third kappa shape index (κ3) is 4.66. The second kappa shape index (κ2) is 5.57. The summed E-state index contributed by atoms with van der Waals surface area (Å²) in [6.07, 6.45) is -2.57. The van der Waals surface area contributed by atoms with Crippen LogP contribution in [0.2, 0.25) is 0 Å². The van der Waals surface area contributed by atoms with Crippen LogP contribution in [-0.2, 0) is 9.84 Å². The molecule has 1 radical (unpaired) electrons. The molecule has 0 aliphatic rings. The van der Waals surface area contributed by atoms with Gasteiger partial charge < -0.3 is 20.1 Å². The minimum Gasteiger partial charge on any atom is -0.394 e. The van der Waals surface area contributed by atoms with Crippen LogP contribution in [-0.4, -0.2) is 47.5 Å². The number of rotatable bonds is 5. The molecule has 0 fully saturated rings. The van der Waals surface area contributed by atoms with Crippen molar-refractivity contribution in [2.45, 2.75) is 12.4 Å². The first-order valence-corrected chi connectivity index (χ1v) is 2.88. The lowest BCUT2D eigenvalue weighted by Crippen LogP contribution is -2.25. The molecule has 2 atom stereocenters. The van der Waals surface area contributed by atoms with Gasteiger partial charge in [0.2, 0.25) is 6.29 Å². The Hall–Kier alpha value is -0.200. The number of hydrogen-bond donors (Lipinski definition) is 3. The van der Waals surface area contributed by atoms with Crippen LogP contribution in [0.4, 0.5) is 0 Å². The highest BCUT2D eigenvalue weighted by Gasteiger charge is 2.07. The summed E-state index contributed by atoms with van der Waals surface area (Å²) >= 11 is 0. The van der Waals surface area contributed by atoms with Crippen LogP contribution in [0.3, 0.4) is 0 Å². The average molecular weight is 151 g/mol. The van der Waals surface area contributed by atoms with E-state index in [1.165, 1.54) is 0 Å². The maximum Gasteiger partial charge on any atom is 0.214 e. The van der Waals surface area contributed by atoms with Gasteiger partial charge in [0.05, 0.1) is 19.8 Å². The van der Waals surface area contributed by atoms with E-state index in [1.807, 2.05) is 0 Å². The van der Waals surface area contributed by atoms with Crippen molar-refractivity contribution in [2.24, 2.45) is 0 Å². The molecule has 10 heavy (non-hydrogen) atoms. The highest BCUT2D eigenvalue weighted by molar-refractivity contribution is 4.49. The van der Waals surface area contributed by atoms with Crippen molar-refractivity contribution in [1.82, 2.24) is 0 Å². The van der Waals surface area contributed by atoms with Gasteiger partial charge in [-0.25, -0.2) is 0 Å². The molecule has 2 unspecified atom stereocenters. The molecule has 0 heterocycles. The minimum absolute atomic E-state index is 0.245. The zero-order valence-electron chi connectivity index (χ0n) is 5.43. The fourth-order valence-corrected chi connectivity index (χ4v) is 0.324. The lowest BCUT2D eigenvalue weighted by atomic mass is 10.4. The van der Waals surface area contributed by atoms with E-state index in [4.69, 9.17) is 15.3 Å². The Bertz CT molecular complexity index is 66.4. The van der Waals surface area contributed by atoms with Gasteiger partial charge in [0.25, 0.3) is 0 Å². The van der Waals surface area contributed by atoms with Gasteiger partial charge in [-0.2, -0.15) is 5.11 Å². The van der Waals surface area contributed by atoms with Crippen molar-refractivity contribution in [1.29, 1.82) is 0 Å². The van der Waals surface area contributed by atoms with Crippen molar-refractivity contribution in [3.8, 4) is 0 Å². The zero-order valence-corrected chi connectivity index (χ0v) is 5.43. The van der Waals surface area contributed by atoms with Crippen molar-refractivity contribution in [3.05, 3.63) is 0 Å². The van der Waals surface area contributed by atoms with E-state index >= 15 is 0 Å². The Kier molecular flexibility index (Phi) is 5.46. The fraction of sp³-hybridized carbons (Fsp3) is 1.00. The van der Waals surface area contributed by atoms with E-state index in [0.717, 1.165) is 0 Å². The van der Waals surface area contributed by atoms with E-state index in [-0.39, 0.29) is 6.61 Å². The Morgan fingerprint density at radius 1 is 1.30 bits per heavy atom. The summed E-state index contributed by atoms with van der Waals surface area (Å²) in [6.45, 7) is -1.32. The Morgan fingerprint density at radius 2 is 1.90 bits per heavy atom. The molecule has 0 bridgehead atoms. The van der Waals surface area contributed by atoms with E-state index < -0.39 is 25.6 Å². The van der Waals surface area contributed by atoms with Crippen LogP contribution >= 0.6 is 0 Å². The summed E-state index contributed by atoms with van der Waals surface area (Å²) in [7, 11) is 0. The standard InChI is InChI=1S/C5H11O5/c6-1-4(8)3-10-5(9)2-7/h4-8H,1-3H2. The first-order chi connectivity index (χ1) is 4.70. The topological polar surface area (TPSA) is 89.8 Å². The van der Waals surface area contributed by atoms with Crippen LogP contribution < -0.4 is 0 Å². The second-order valence-corrected chi connectivity index (χ2v) is 1.78. The number of aliphatic hydroxyl groups is 3. The molecule has 61 valence electrons. The van der Waals surface area contributed by atoms with Crippen LogP contribution in [0.1, 0.15) is 0 Å². The molecule has 0 saturated heterocycles. The molecule has 0 aliphatic heterocycles. The smallest absolute Gasteiger partial charge is 0.214 e. The van der Waals surface area contributed by atoms with E-state index in [2.05, 4.69) is 4.74 Å². The average Bonchev–Trinajstić information content (AvgIpc) is 1.99. The SMILES string of the molecule is [O]C(CO)OCC(O)CO. The Labute approximate surface area is 58.5 Å². The number of hydrogen-bond acceptors (Lipinski definition) is 4. The molecule has 5 heteroatoms. The molecule has 0 spiro atoms. The first kappa shape index (κ1) is 9.80. The number of ether oxygens (including phenoxy) is 1. The molecule has 0 aromatic heterocycles. The van der Waals surface area contributed by atoms with Crippen molar-refractivity contribution in [2.75, 3.05) is 19.8 Å². The summed E-state index contributed by atoms with van der Waals surface area (Å²) in [4.78, 5) is 0. The van der Waals surface area contributed by atoms with Gasteiger partial charge in [-0.05, 0) is 0 Å². The van der Waals surface area contributed by atoms with E-state index in [0.29, 0.717) is 0 Å². The highest BCUT2D eigenvalue weighted by atomic mass is 16.6. The summed E-state index contributed by atoms with van der Waals surface area (Å²) < 4.78 is 4.33. The Morgan fingerprint density at radius 3 is 2.30 bits per heavy atom. The summed E-state index contributed by atoms with van der Waals surface area (Å²) in [5, 5.41) is 35.2. The van der Waals surface area contributed by atoms with Gasteiger partial charge in [0.1, 0.15) is 6.10 Å². The lowest BCUT2D eigenvalue weighted by molar-refractivity contribution is -0.177. The monoisotopic (exact) mass is 151 g/mol. The third-order valence-corrected chi connectivity index (χ3v) is 0.834. The van der Waals surface area contributed by atoms with E-state index in [1.54, 1.807) is 0 Å². The largest absolute Gasteiger partial charge is 0.394 e. The molecule has 0 aliphatic carbocycles. The molecule has 0 saturated carbocycles. The molecule has 0 amide bonds. The quantitative estimate of drug-likeness (QED) is 0.400. The summed E-state index contributed by atoms with van der Waals surface area (Å²) in [5.74, 6) is 0. The molecule has 0 aromatic carbocycles. The maximum absolute atomic E-state index is 10.3. The summed E-state index contributed by atoms with van der Waals surface area (Å²) in [6, 6.07) is 0. The third-order valence-electron chi connectivity index (χ3n) is 0.834.